The Bertz CT molecular complexity index is 1390. The van der Waals surface area contributed by atoms with E-state index in [0.29, 0.717) is 23.5 Å². The fourth-order valence-electron chi connectivity index (χ4n) is 3.54. The van der Waals surface area contributed by atoms with Crippen molar-refractivity contribution in [2.45, 2.75) is 19.3 Å². The Labute approximate surface area is 222 Å². The second-order valence-corrected chi connectivity index (χ2v) is 9.17. The van der Waals surface area contributed by atoms with Crippen molar-refractivity contribution in [2.24, 2.45) is 0 Å². The first-order chi connectivity index (χ1) is 17.9. The number of rotatable bonds is 10. The van der Waals surface area contributed by atoms with Crippen LogP contribution in [0.2, 0.25) is 0 Å². The minimum absolute atomic E-state index is 0.0392. The lowest BCUT2D eigenvalue weighted by Crippen LogP contribution is -2.21. The highest BCUT2D eigenvalue weighted by molar-refractivity contribution is 9.10. The molecule has 0 bridgehead atoms. The molecule has 0 atom stereocenters. The first-order valence-electron chi connectivity index (χ1n) is 11.7. The maximum Gasteiger partial charge on any atom is 0.306 e. The van der Waals surface area contributed by atoms with E-state index in [1.165, 1.54) is 0 Å². The minimum Gasteiger partial charge on any atom is -0.457 e. The molecule has 0 saturated heterocycles. The zero-order valence-electron chi connectivity index (χ0n) is 19.9. The molecule has 0 heterocycles. The van der Waals surface area contributed by atoms with Crippen molar-refractivity contribution in [1.29, 1.82) is 0 Å². The lowest BCUT2D eigenvalue weighted by Gasteiger charge is -2.09. The van der Waals surface area contributed by atoms with Crippen LogP contribution in [0.1, 0.15) is 19.3 Å². The molecule has 0 radical (unpaired) electrons. The molecule has 0 fully saturated rings. The molecule has 2 N–H and O–H groups in total. The molecule has 0 spiro atoms. The summed E-state index contributed by atoms with van der Waals surface area (Å²) >= 11 is 3.32. The topological polar surface area (TPSA) is 93.7 Å². The summed E-state index contributed by atoms with van der Waals surface area (Å²) in [5, 5.41) is 7.67. The van der Waals surface area contributed by atoms with Crippen LogP contribution in [0.4, 0.5) is 11.4 Å². The molecule has 7 nitrogen and oxygen atoms in total. The van der Waals surface area contributed by atoms with Crippen LogP contribution in [0, 0.1) is 0 Å². The van der Waals surface area contributed by atoms with Crippen molar-refractivity contribution in [3.05, 3.63) is 95.5 Å². The number of ether oxygens (including phenoxy) is 2. The van der Waals surface area contributed by atoms with Gasteiger partial charge in [0.05, 0.1) is 0 Å². The molecule has 0 unspecified atom stereocenters. The van der Waals surface area contributed by atoms with Gasteiger partial charge in [0.2, 0.25) is 5.91 Å². The molecule has 37 heavy (non-hydrogen) atoms. The van der Waals surface area contributed by atoms with Crippen molar-refractivity contribution in [1.82, 2.24) is 0 Å². The van der Waals surface area contributed by atoms with Crippen LogP contribution in [-0.2, 0) is 19.1 Å². The Morgan fingerprint density at radius 2 is 1.30 bits per heavy atom. The van der Waals surface area contributed by atoms with Crippen molar-refractivity contribution in [3.63, 3.8) is 0 Å². The van der Waals surface area contributed by atoms with Gasteiger partial charge in [-0.25, -0.2) is 0 Å². The Morgan fingerprint density at radius 1 is 0.676 bits per heavy atom. The first-order valence-corrected chi connectivity index (χ1v) is 12.5. The van der Waals surface area contributed by atoms with Gasteiger partial charge < -0.3 is 20.1 Å². The monoisotopic (exact) mass is 560 g/mol. The Balaban J connectivity index is 1.14. The van der Waals surface area contributed by atoms with Gasteiger partial charge in [0.25, 0.3) is 5.91 Å². The average Bonchev–Trinajstić information content (AvgIpc) is 2.90. The number of esters is 1. The van der Waals surface area contributed by atoms with E-state index in [-0.39, 0.29) is 25.4 Å². The summed E-state index contributed by atoms with van der Waals surface area (Å²) in [6.45, 7) is -0.380. The fourth-order valence-corrected chi connectivity index (χ4v) is 3.80. The van der Waals surface area contributed by atoms with E-state index in [0.717, 1.165) is 21.0 Å². The van der Waals surface area contributed by atoms with Gasteiger partial charge in [-0.3, -0.25) is 14.4 Å². The Hall–Kier alpha value is -4.17. The molecule has 8 heteroatoms. The largest absolute Gasteiger partial charge is 0.457 e. The van der Waals surface area contributed by atoms with Gasteiger partial charge in [0.1, 0.15) is 11.5 Å². The zero-order chi connectivity index (χ0) is 26.0. The Morgan fingerprint density at radius 3 is 2.03 bits per heavy atom. The highest BCUT2D eigenvalue weighted by Crippen LogP contribution is 2.26. The van der Waals surface area contributed by atoms with Gasteiger partial charge in [-0.05, 0) is 77.9 Å². The molecule has 2 amide bonds. The number of hydrogen-bond acceptors (Lipinski definition) is 5. The summed E-state index contributed by atoms with van der Waals surface area (Å²) in [5.74, 6) is 0.202. The number of benzene rings is 4. The van der Waals surface area contributed by atoms with Gasteiger partial charge in [0.15, 0.2) is 6.61 Å². The van der Waals surface area contributed by atoms with Crippen molar-refractivity contribution in [3.8, 4) is 11.5 Å². The Kier molecular flexibility index (Phi) is 8.89. The smallest absolute Gasteiger partial charge is 0.306 e. The van der Waals surface area contributed by atoms with E-state index in [1.54, 1.807) is 48.5 Å². The van der Waals surface area contributed by atoms with Crippen LogP contribution >= 0.6 is 15.9 Å². The first kappa shape index (κ1) is 25.9. The standard InChI is InChI=1S/C29H25BrN2O5/c30-22-9-11-23(12-10-22)32-28(34)19-36-29(35)7-3-6-27(33)31-24-13-16-25(17-14-24)37-26-15-8-20-4-1-2-5-21(20)18-26/h1-2,4-5,8-18H,3,6-7,19H2,(H,31,33)(H,32,34). The third-order valence-corrected chi connectivity index (χ3v) is 5.90. The van der Waals surface area contributed by atoms with Crippen LogP contribution in [-0.4, -0.2) is 24.4 Å². The maximum absolute atomic E-state index is 12.2. The van der Waals surface area contributed by atoms with Crippen LogP contribution in [0.5, 0.6) is 11.5 Å². The molecule has 188 valence electrons. The fraction of sp³-hybridized carbons (Fsp3) is 0.138. The van der Waals surface area contributed by atoms with E-state index >= 15 is 0 Å². The van der Waals surface area contributed by atoms with E-state index < -0.39 is 11.9 Å². The summed E-state index contributed by atoms with van der Waals surface area (Å²) in [4.78, 5) is 36.0. The number of carbonyl (C=O) groups excluding carboxylic acids is 3. The molecule has 0 aliphatic carbocycles. The van der Waals surface area contributed by atoms with Crippen LogP contribution in [0.25, 0.3) is 10.8 Å². The predicted molar refractivity (Wildman–Crippen MR) is 147 cm³/mol. The van der Waals surface area contributed by atoms with E-state index in [2.05, 4.69) is 26.6 Å². The van der Waals surface area contributed by atoms with Crippen molar-refractivity contribution >= 4 is 55.9 Å². The summed E-state index contributed by atoms with van der Waals surface area (Å²) < 4.78 is 11.8. The third-order valence-electron chi connectivity index (χ3n) is 5.37. The van der Waals surface area contributed by atoms with Gasteiger partial charge >= 0.3 is 5.97 Å². The second-order valence-electron chi connectivity index (χ2n) is 8.25. The molecule has 4 aromatic rings. The number of fused-ring (bicyclic) bond motifs is 1. The molecular weight excluding hydrogens is 536 g/mol. The maximum atomic E-state index is 12.2. The third kappa shape index (κ3) is 8.18. The van der Waals surface area contributed by atoms with Gasteiger partial charge in [-0.2, -0.15) is 0 Å². The highest BCUT2D eigenvalue weighted by atomic mass is 79.9. The quantitative estimate of drug-likeness (QED) is 0.211. The highest BCUT2D eigenvalue weighted by Gasteiger charge is 2.10. The normalized spacial score (nSPS) is 10.5. The number of halogens is 1. The van der Waals surface area contributed by atoms with Gasteiger partial charge in [0, 0.05) is 28.7 Å². The van der Waals surface area contributed by atoms with Crippen LogP contribution in [0.15, 0.2) is 95.5 Å². The van der Waals surface area contributed by atoms with E-state index in [9.17, 15) is 14.4 Å². The summed E-state index contributed by atoms with van der Waals surface area (Å²) in [7, 11) is 0. The number of carbonyl (C=O) groups is 3. The van der Waals surface area contributed by atoms with E-state index in [1.807, 2.05) is 42.5 Å². The second kappa shape index (κ2) is 12.7. The van der Waals surface area contributed by atoms with Gasteiger partial charge in [-0.15, -0.1) is 0 Å². The number of nitrogens with one attached hydrogen (secondary N) is 2. The van der Waals surface area contributed by atoms with Crippen LogP contribution < -0.4 is 15.4 Å². The summed E-state index contributed by atoms with van der Waals surface area (Å²) in [6, 6.07) is 28.1. The lowest BCUT2D eigenvalue weighted by molar-refractivity contribution is -0.147. The van der Waals surface area contributed by atoms with Crippen molar-refractivity contribution < 1.29 is 23.9 Å². The predicted octanol–water partition coefficient (Wildman–Crippen LogP) is 6.69. The molecule has 0 aliphatic heterocycles. The van der Waals surface area contributed by atoms with Crippen LogP contribution in [0.3, 0.4) is 0 Å². The summed E-state index contributed by atoms with van der Waals surface area (Å²) in [6.07, 6.45) is 0.495. The molecule has 4 rings (SSSR count). The SMILES string of the molecule is O=C(CCCC(=O)OCC(=O)Nc1ccc(Br)cc1)Nc1ccc(Oc2ccc3ccccc3c2)cc1. The number of anilines is 2. The van der Waals surface area contributed by atoms with E-state index in [4.69, 9.17) is 9.47 Å². The average molecular weight is 561 g/mol. The number of hydrogen-bond donors (Lipinski definition) is 2. The molecule has 4 aromatic carbocycles. The summed E-state index contributed by atoms with van der Waals surface area (Å²) in [5.41, 5.74) is 1.23. The molecule has 0 saturated carbocycles. The lowest BCUT2D eigenvalue weighted by atomic mass is 10.1. The zero-order valence-corrected chi connectivity index (χ0v) is 21.5. The molecule has 0 aromatic heterocycles. The van der Waals surface area contributed by atoms with Gasteiger partial charge in [-0.1, -0.05) is 46.3 Å². The minimum atomic E-state index is -0.533. The molecular formula is C29H25BrN2O5. The molecule has 0 aliphatic rings. The van der Waals surface area contributed by atoms with Crippen molar-refractivity contribution in [2.75, 3.05) is 17.2 Å². The number of amides is 2.